The van der Waals surface area contributed by atoms with Crippen molar-refractivity contribution in [3.63, 3.8) is 0 Å². The molecule has 4 rings (SSSR count). The van der Waals surface area contributed by atoms with Gasteiger partial charge in [0.2, 0.25) is 11.8 Å². The number of aromatic nitrogens is 3. The Kier molecular flexibility index (Phi) is 5.99. The number of aliphatic carboxylic acids is 1. The Labute approximate surface area is 187 Å². The summed E-state index contributed by atoms with van der Waals surface area (Å²) in [7, 11) is 1.79. The number of rotatable bonds is 7. The van der Waals surface area contributed by atoms with E-state index in [9.17, 15) is 18.8 Å². The van der Waals surface area contributed by atoms with Crippen LogP contribution in [-0.4, -0.2) is 50.7 Å². The summed E-state index contributed by atoms with van der Waals surface area (Å²) in [6.07, 6.45) is 3.11. The van der Waals surface area contributed by atoms with Crippen molar-refractivity contribution in [2.24, 2.45) is 7.05 Å². The fourth-order valence-corrected chi connectivity index (χ4v) is 3.64. The van der Waals surface area contributed by atoms with Gasteiger partial charge >= 0.3 is 5.97 Å². The highest BCUT2D eigenvalue weighted by Crippen LogP contribution is 2.33. The zero-order valence-electron chi connectivity index (χ0n) is 17.6. The van der Waals surface area contributed by atoms with Crippen molar-refractivity contribution in [2.45, 2.75) is 6.42 Å². The quantitative estimate of drug-likeness (QED) is 0.395. The minimum absolute atomic E-state index is 0.0523. The van der Waals surface area contributed by atoms with Crippen LogP contribution in [0.4, 0.5) is 4.39 Å². The summed E-state index contributed by atoms with van der Waals surface area (Å²) in [5.41, 5.74) is 2.98. The minimum atomic E-state index is -1.17. The molecule has 4 aromatic rings. The van der Waals surface area contributed by atoms with E-state index >= 15 is 0 Å². The van der Waals surface area contributed by atoms with Gasteiger partial charge in [-0.2, -0.15) is 5.10 Å². The Bertz CT molecular complexity index is 1400. The van der Waals surface area contributed by atoms with E-state index in [1.165, 1.54) is 6.07 Å². The Morgan fingerprint density at radius 2 is 1.85 bits per heavy atom. The summed E-state index contributed by atoms with van der Waals surface area (Å²) in [6, 6.07) is 10.2. The van der Waals surface area contributed by atoms with Gasteiger partial charge in [0.1, 0.15) is 12.4 Å². The van der Waals surface area contributed by atoms with E-state index in [4.69, 9.17) is 5.11 Å². The van der Waals surface area contributed by atoms with Crippen LogP contribution in [0.15, 0.2) is 48.8 Å². The molecule has 9 nitrogen and oxygen atoms in total. The number of hydrogen-bond donors (Lipinski definition) is 3. The largest absolute Gasteiger partial charge is 0.480 e. The predicted molar refractivity (Wildman–Crippen MR) is 119 cm³/mol. The second kappa shape index (κ2) is 9.03. The smallest absolute Gasteiger partial charge is 0.322 e. The molecule has 0 fully saturated rings. The summed E-state index contributed by atoms with van der Waals surface area (Å²) < 4.78 is 16.6. The van der Waals surface area contributed by atoms with Crippen molar-refractivity contribution in [3.05, 3.63) is 60.2 Å². The number of nitrogens with zero attached hydrogens (tertiary/aromatic N) is 3. The minimum Gasteiger partial charge on any atom is -0.480 e. The summed E-state index contributed by atoms with van der Waals surface area (Å²) >= 11 is 0. The Morgan fingerprint density at radius 1 is 1.06 bits per heavy atom. The van der Waals surface area contributed by atoms with Gasteiger partial charge in [0.05, 0.1) is 30.2 Å². The molecular weight excluding hydrogens is 429 g/mol. The van der Waals surface area contributed by atoms with E-state index in [2.05, 4.69) is 20.7 Å². The number of aryl methyl sites for hydroxylation is 1. The average molecular weight is 449 g/mol. The van der Waals surface area contributed by atoms with E-state index in [1.807, 2.05) is 6.07 Å². The lowest BCUT2D eigenvalue weighted by atomic mass is 9.97. The first-order chi connectivity index (χ1) is 15.8. The van der Waals surface area contributed by atoms with Crippen molar-refractivity contribution in [1.82, 2.24) is 25.4 Å². The molecule has 0 saturated heterocycles. The van der Waals surface area contributed by atoms with Gasteiger partial charge in [0, 0.05) is 29.6 Å². The van der Waals surface area contributed by atoms with Crippen molar-refractivity contribution < 1.29 is 23.9 Å². The van der Waals surface area contributed by atoms with E-state index in [-0.39, 0.29) is 13.0 Å². The molecule has 2 amide bonds. The number of benzene rings is 2. The SMILES string of the molecule is Cn1ncc2cc(F)c(-c3ccnc4c(CC(=O)NCC(=O)NCC(=O)O)cccc34)cc21. The molecule has 0 saturated carbocycles. The second-order valence-corrected chi connectivity index (χ2v) is 7.45. The van der Waals surface area contributed by atoms with Gasteiger partial charge in [-0.25, -0.2) is 4.39 Å². The first-order valence-electron chi connectivity index (χ1n) is 10.1. The number of carboxylic acids is 1. The molecule has 2 heterocycles. The zero-order chi connectivity index (χ0) is 23.5. The summed E-state index contributed by atoms with van der Waals surface area (Å²) in [5.74, 6) is -2.60. The Hall–Kier alpha value is -4.34. The molecule has 0 aliphatic rings. The number of carboxylic acid groups (broad SMARTS) is 1. The molecule has 0 bridgehead atoms. The number of nitrogens with one attached hydrogen (secondary N) is 2. The van der Waals surface area contributed by atoms with Crippen LogP contribution in [0.25, 0.3) is 32.9 Å². The average Bonchev–Trinajstić information content (AvgIpc) is 3.15. The predicted octanol–water partition coefficient (Wildman–Crippen LogP) is 1.79. The number of hydrogen-bond acceptors (Lipinski definition) is 5. The van der Waals surface area contributed by atoms with Crippen LogP contribution >= 0.6 is 0 Å². The molecule has 0 spiro atoms. The van der Waals surface area contributed by atoms with E-state index in [0.717, 1.165) is 5.52 Å². The lowest BCUT2D eigenvalue weighted by molar-refractivity contribution is -0.137. The highest BCUT2D eigenvalue weighted by Gasteiger charge is 2.15. The van der Waals surface area contributed by atoms with E-state index < -0.39 is 30.1 Å². The number of fused-ring (bicyclic) bond motifs is 2. The molecule has 2 aromatic carbocycles. The van der Waals surface area contributed by atoms with E-state index in [0.29, 0.717) is 33.0 Å². The fourth-order valence-electron chi connectivity index (χ4n) is 3.64. The van der Waals surface area contributed by atoms with Crippen LogP contribution in [0.1, 0.15) is 5.56 Å². The number of pyridine rings is 1. The van der Waals surface area contributed by atoms with Gasteiger partial charge in [-0.05, 0) is 29.3 Å². The van der Waals surface area contributed by atoms with Crippen LogP contribution in [0.2, 0.25) is 0 Å². The van der Waals surface area contributed by atoms with Crippen molar-refractivity contribution in [2.75, 3.05) is 13.1 Å². The van der Waals surface area contributed by atoms with Crippen molar-refractivity contribution in [3.8, 4) is 11.1 Å². The van der Waals surface area contributed by atoms with Crippen LogP contribution in [0, 0.1) is 5.82 Å². The fraction of sp³-hybridized carbons (Fsp3) is 0.174. The van der Waals surface area contributed by atoms with Gasteiger partial charge in [-0.15, -0.1) is 0 Å². The molecule has 3 N–H and O–H groups in total. The lowest BCUT2D eigenvalue weighted by Gasteiger charge is -2.11. The number of amides is 2. The molecule has 33 heavy (non-hydrogen) atoms. The summed E-state index contributed by atoms with van der Waals surface area (Å²) in [6.45, 7) is -0.864. The number of halogens is 1. The van der Waals surface area contributed by atoms with Gasteiger partial charge in [0.25, 0.3) is 0 Å². The molecule has 0 unspecified atom stereocenters. The molecule has 2 aromatic heterocycles. The third kappa shape index (κ3) is 4.64. The molecule has 0 aliphatic heterocycles. The normalized spacial score (nSPS) is 11.0. The number of para-hydroxylation sites is 1. The van der Waals surface area contributed by atoms with Gasteiger partial charge < -0.3 is 15.7 Å². The first-order valence-corrected chi connectivity index (χ1v) is 10.1. The first kappa shape index (κ1) is 21.9. The number of carbonyl (C=O) groups is 3. The highest BCUT2D eigenvalue weighted by molar-refractivity contribution is 5.99. The molecule has 0 aliphatic carbocycles. The third-order valence-electron chi connectivity index (χ3n) is 5.21. The van der Waals surface area contributed by atoms with Crippen molar-refractivity contribution >= 4 is 39.6 Å². The van der Waals surface area contributed by atoms with Gasteiger partial charge in [-0.1, -0.05) is 18.2 Å². The Morgan fingerprint density at radius 3 is 2.64 bits per heavy atom. The lowest BCUT2D eigenvalue weighted by Crippen LogP contribution is -2.39. The van der Waals surface area contributed by atoms with Crippen LogP contribution in [-0.2, 0) is 27.9 Å². The molecule has 0 radical (unpaired) electrons. The van der Waals surface area contributed by atoms with Gasteiger partial charge in [-0.3, -0.25) is 24.0 Å². The van der Waals surface area contributed by atoms with Gasteiger partial charge in [0.15, 0.2) is 0 Å². The maximum absolute atomic E-state index is 14.9. The zero-order valence-corrected chi connectivity index (χ0v) is 17.6. The molecule has 10 heteroatoms. The number of carbonyl (C=O) groups excluding carboxylic acids is 2. The highest BCUT2D eigenvalue weighted by atomic mass is 19.1. The van der Waals surface area contributed by atoms with Crippen LogP contribution in [0.3, 0.4) is 0 Å². The summed E-state index contributed by atoms with van der Waals surface area (Å²) in [4.78, 5) is 38.9. The second-order valence-electron chi connectivity index (χ2n) is 7.45. The maximum atomic E-state index is 14.9. The maximum Gasteiger partial charge on any atom is 0.322 e. The standard InChI is InChI=1S/C23H20FN5O4/c1-29-19-9-17(18(24)7-14(19)10-28-29)15-5-6-25-23-13(3-2-4-16(15)23)8-20(30)26-11-21(31)27-12-22(32)33/h2-7,9-10H,8,11-12H2,1H3,(H,26,30)(H,27,31)(H,32,33). The summed E-state index contributed by atoms with van der Waals surface area (Å²) in [5, 5.41) is 18.7. The van der Waals surface area contributed by atoms with Crippen molar-refractivity contribution in [1.29, 1.82) is 0 Å². The third-order valence-corrected chi connectivity index (χ3v) is 5.21. The van der Waals surface area contributed by atoms with Crippen LogP contribution in [0.5, 0.6) is 0 Å². The monoisotopic (exact) mass is 449 g/mol. The topological polar surface area (TPSA) is 126 Å². The van der Waals surface area contributed by atoms with Crippen LogP contribution < -0.4 is 10.6 Å². The molecule has 168 valence electrons. The Balaban J connectivity index is 1.60. The molecule has 0 atom stereocenters. The van der Waals surface area contributed by atoms with E-state index in [1.54, 1.807) is 48.4 Å². The molecular formula is C23H20FN5O4.